The quantitative estimate of drug-likeness (QED) is 0.706. The molecule has 1 amide bonds. The van der Waals surface area contributed by atoms with Gasteiger partial charge in [-0.2, -0.15) is 0 Å². The molecule has 0 radical (unpaired) electrons. The first-order chi connectivity index (χ1) is 12.2. The number of nitrogens with one attached hydrogen (secondary N) is 1. The van der Waals surface area contributed by atoms with Crippen molar-refractivity contribution in [2.24, 2.45) is 0 Å². The average molecular weight is 349 g/mol. The number of carbonyl (C=O) groups is 1. The maximum Gasteiger partial charge on any atom is 0.234 e. The number of amides is 1. The van der Waals surface area contributed by atoms with Crippen LogP contribution in [0.15, 0.2) is 18.2 Å². The minimum atomic E-state index is 0.0631. The van der Waals surface area contributed by atoms with Crippen molar-refractivity contribution >= 4 is 5.91 Å². The van der Waals surface area contributed by atoms with E-state index in [1.165, 1.54) is 0 Å². The number of nitrogens with zero attached hydrogens (tertiary/aromatic N) is 2. The molecule has 0 aliphatic carbocycles. The van der Waals surface area contributed by atoms with Crippen LogP contribution in [0.4, 0.5) is 0 Å². The Morgan fingerprint density at radius 2 is 1.80 bits per heavy atom. The monoisotopic (exact) mass is 349 g/mol. The fourth-order valence-electron chi connectivity index (χ4n) is 3.16. The van der Waals surface area contributed by atoms with E-state index in [9.17, 15) is 4.79 Å². The van der Waals surface area contributed by atoms with Gasteiger partial charge in [0.25, 0.3) is 0 Å². The van der Waals surface area contributed by atoms with Gasteiger partial charge in [-0.3, -0.25) is 14.6 Å². The zero-order chi connectivity index (χ0) is 17.5. The molecule has 7 nitrogen and oxygen atoms in total. The minimum absolute atomic E-state index is 0.0631. The lowest BCUT2D eigenvalue weighted by molar-refractivity contribution is -0.122. The van der Waals surface area contributed by atoms with Crippen LogP contribution >= 0.6 is 0 Å². The fourth-order valence-corrected chi connectivity index (χ4v) is 3.16. The van der Waals surface area contributed by atoms with Crippen LogP contribution in [0.1, 0.15) is 5.56 Å². The SMILES string of the molecule is O=C(CN1CCN(CCO)CC1)NCCc1ccc2c(c1)OCCO2. The Hall–Kier alpha value is -1.83. The number of benzene rings is 1. The second-order valence-electron chi connectivity index (χ2n) is 6.42. The third kappa shape index (κ3) is 5.32. The minimum Gasteiger partial charge on any atom is -0.486 e. The number of aliphatic hydroxyl groups is 1. The number of aliphatic hydroxyl groups excluding tert-OH is 1. The van der Waals surface area contributed by atoms with Crippen LogP contribution in [-0.2, 0) is 11.2 Å². The number of hydrogen-bond donors (Lipinski definition) is 2. The Kier molecular flexibility index (Phi) is 6.49. The zero-order valence-corrected chi connectivity index (χ0v) is 14.6. The standard InChI is InChI=1S/C18H27N3O4/c22-10-9-20-5-7-21(8-6-20)14-18(23)19-4-3-15-1-2-16-17(13-15)25-12-11-24-16/h1-2,13,22H,3-12,14H2,(H,19,23). The molecular formula is C18H27N3O4. The summed E-state index contributed by atoms with van der Waals surface area (Å²) in [7, 11) is 0. The summed E-state index contributed by atoms with van der Waals surface area (Å²) < 4.78 is 11.1. The lowest BCUT2D eigenvalue weighted by atomic mass is 10.1. The highest BCUT2D eigenvalue weighted by atomic mass is 16.6. The van der Waals surface area contributed by atoms with Crippen LogP contribution in [0.2, 0.25) is 0 Å². The number of fused-ring (bicyclic) bond motifs is 1. The average Bonchev–Trinajstić information content (AvgIpc) is 2.63. The molecule has 1 fully saturated rings. The summed E-state index contributed by atoms with van der Waals surface area (Å²) in [5, 5.41) is 11.9. The van der Waals surface area contributed by atoms with Gasteiger partial charge >= 0.3 is 0 Å². The Labute approximate surface area is 148 Å². The molecule has 0 saturated carbocycles. The summed E-state index contributed by atoms with van der Waals surface area (Å²) in [5.74, 6) is 1.64. The predicted molar refractivity (Wildman–Crippen MR) is 94.1 cm³/mol. The largest absolute Gasteiger partial charge is 0.486 e. The van der Waals surface area contributed by atoms with Gasteiger partial charge < -0.3 is 19.9 Å². The van der Waals surface area contributed by atoms with Crippen LogP contribution in [0, 0.1) is 0 Å². The second kappa shape index (κ2) is 9.03. The van der Waals surface area contributed by atoms with Crippen molar-refractivity contribution in [3.05, 3.63) is 23.8 Å². The van der Waals surface area contributed by atoms with E-state index < -0.39 is 0 Å². The van der Waals surface area contributed by atoms with Crippen LogP contribution in [-0.4, -0.2) is 86.4 Å². The van der Waals surface area contributed by atoms with E-state index in [4.69, 9.17) is 14.6 Å². The lowest BCUT2D eigenvalue weighted by Gasteiger charge is -2.33. The van der Waals surface area contributed by atoms with Crippen molar-refractivity contribution in [3.8, 4) is 11.5 Å². The molecule has 25 heavy (non-hydrogen) atoms. The first kappa shape index (κ1) is 18.0. The van der Waals surface area contributed by atoms with Gasteiger partial charge in [-0.1, -0.05) is 6.07 Å². The van der Waals surface area contributed by atoms with E-state index in [1.807, 2.05) is 18.2 Å². The molecule has 1 aromatic carbocycles. The highest BCUT2D eigenvalue weighted by molar-refractivity contribution is 5.78. The van der Waals surface area contributed by atoms with Gasteiger partial charge in [0, 0.05) is 39.3 Å². The van der Waals surface area contributed by atoms with Crippen molar-refractivity contribution in [2.75, 3.05) is 65.6 Å². The summed E-state index contributed by atoms with van der Waals surface area (Å²) in [5.41, 5.74) is 1.13. The summed E-state index contributed by atoms with van der Waals surface area (Å²) in [4.78, 5) is 16.5. The fraction of sp³-hybridized carbons (Fsp3) is 0.611. The second-order valence-corrected chi connectivity index (χ2v) is 6.42. The maximum absolute atomic E-state index is 12.1. The Bertz CT molecular complexity index is 573. The van der Waals surface area contributed by atoms with Crippen molar-refractivity contribution in [1.29, 1.82) is 0 Å². The topological polar surface area (TPSA) is 74.3 Å². The van der Waals surface area contributed by atoms with Gasteiger partial charge in [0.1, 0.15) is 13.2 Å². The van der Waals surface area contributed by atoms with Gasteiger partial charge in [-0.15, -0.1) is 0 Å². The molecule has 0 unspecified atom stereocenters. The van der Waals surface area contributed by atoms with Crippen LogP contribution in [0.3, 0.4) is 0 Å². The van der Waals surface area contributed by atoms with Crippen molar-refractivity contribution in [2.45, 2.75) is 6.42 Å². The molecular weight excluding hydrogens is 322 g/mol. The number of piperazine rings is 1. The molecule has 2 heterocycles. The first-order valence-electron chi connectivity index (χ1n) is 8.95. The number of hydrogen-bond acceptors (Lipinski definition) is 6. The molecule has 2 aliphatic heterocycles. The Balaban J connectivity index is 1.35. The van der Waals surface area contributed by atoms with Gasteiger partial charge in [-0.25, -0.2) is 0 Å². The third-order valence-corrected chi connectivity index (χ3v) is 4.59. The summed E-state index contributed by atoms with van der Waals surface area (Å²) >= 11 is 0. The Morgan fingerprint density at radius 3 is 2.56 bits per heavy atom. The Morgan fingerprint density at radius 1 is 1.08 bits per heavy atom. The summed E-state index contributed by atoms with van der Waals surface area (Å²) in [6, 6.07) is 5.93. The molecule has 0 bridgehead atoms. The summed E-state index contributed by atoms with van der Waals surface area (Å²) in [6.45, 7) is 6.70. The molecule has 0 atom stereocenters. The van der Waals surface area contributed by atoms with E-state index >= 15 is 0 Å². The molecule has 138 valence electrons. The molecule has 1 saturated heterocycles. The maximum atomic E-state index is 12.1. The molecule has 2 aliphatic rings. The normalized spacial score (nSPS) is 18.1. The van der Waals surface area contributed by atoms with E-state index in [2.05, 4.69) is 15.1 Å². The smallest absolute Gasteiger partial charge is 0.234 e. The number of carbonyl (C=O) groups excluding carboxylic acids is 1. The van der Waals surface area contributed by atoms with Gasteiger partial charge in [0.15, 0.2) is 11.5 Å². The molecule has 2 N–H and O–H groups in total. The third-order valence-electron chi connectivity index (χ3n) is 4.59. The van der Waals surface area contributed by atoms with Crippen molar-refractivity contribution < 1.29 is 19.4 Å². The highest BCUT2D eigenvalue weighted by Gasteiger charge is 2.18. The molecule has 0 spiro atoms. The van der Waals surface area contributed by atoms with Gasteiger partial charge in [-0.05, 0) is 24.1 Å². The number of ether oxygens (including phenoxy) is 2. The number of β-amino-alcohol motifs (C(OH)–C–C–N with tert-alkyl or cyclic N) is 1. The van der Waals surface area contributed by atoms with Crippen molar-refractivity contribution in [3.63, 3.8) is 0 Å². The van der Waals surface area contributed by atoms with Gasteiger partial charge in [0.2, 0.25) is 5.91 Å². The number of rotatable bonds is 7. The van der Waals surface area contributed by atoms with Crippen molar-refractivity contribution in [1.82, 2.24) is 15.1 Å². The predicted octanol–water partition coefficient (Wildman–Crippen LogP) is -0.274. The lowest BCUT2D eigenvalue weighted by Crippen LogP contribution is -2.50. The van der Waals surface area contributed by atoms with Crippen LogP contribution in [0.25, 0.3) is 0 Å². The van der Waals surface area contributed by atoms with E-state index in [0.29, 0.717) is 26.3 Å². The van der Waals surface area contributed by atoms with Crippen LogP contribution < -0.4 is 14.8 Å². The van der Waals surface area contributed by atoms with E-state index in [-0.39, 0.29) is 12.5 Å². The molecule has 3 rings (SSSR count). The van der Waals surface area contributed by atoms with Crippen LogP contribution in [0.5, 0.6) is 11.5 Å². The van der Waals surface area contributed by atoms with E-state index in [1.54, 1.807) is 0 Å². The molecule has 1 aromatic rings. The van der Waals surface area contributed by atoms with E-state index in [0.717, 1.165) is 56.2 Å². The zero-order valence-electron chi connectivity index (χ0n) is 14.6. The summed E-state index contributed by atoms with van der Waals surface area (Å²) in [6.07, 6.45) is 0.770. The highest BCUT2D eigenvalue weighted by Crippen LogP contribution is 2.30. The van der Waals surface area contributed by atoms with Gasteiger partial charge in [0.05, 0.1) is 13.2 Å². The first-order valence-corrected chi connectivity index (χ1v) is 8.95. The molecule has 0 aromatic heterocycles. The molecule has 7 heteroatoms.